The summed E-state index contributed by atoms with van der Waals surface area (Å²) >= 11 is 0. The molecule has 0 spiro atoms. The van der Waals surface area contributed by atoms with E-state index in [0.717, 1.165) is 5.56 Å². The molecule has 22 heavy (non-hydrogen) atoms. The van der Waals surface area contributed by atoms with Crippen LogP contribution in [0.25, 0.3) is 0 Å². The molecule has 1 aliphatic heterocycles. The Balaban J connectivity index is 1.95. The first kappa shape index (κ1) is 16.1. The molecule has 7 nitrogen and oxygen atoms in total. The van der Waals surface area contributed by atoms with Gasteiger partial charge in [0.25, 0.3) is 0 Å². The Morgan fingerprint density at radius 2 is 2.27 bits per heavy atom. The van der Waals surface area contributed by atoms with Crippen LogP contribution in [0.2, 0.25) is 0 Å². The number of hydrogen-bond donors (Lipinski definition) is 2. The number of methoxy groups -OCH3 is 1. The van der Waals surface area contributed by atoms with E-state index in [1.807, 2.05) is 6.92 Å². The highest BCUT2D eigenvalue weighted by atomic mass is 16.5. The van der Waals surface area contributed by atoms with Crippen molar-refractivity contribution in [3.8, 4) is 5.75 Å². The number of nitrogens with one attached hydrogen (secondary N) is 1. The molecule has 2 N–H and O–H groups in total. The average Bonchev–Trinajstić information content (AvgIpc) is 2.52. The molecule has 0 bridgehead atoms. The number of carboxylic acids is 1. The van der Waals surface area contributed by atoms with E-state index in [-0.39, 0.29) is 18.5 Å². The second-order valence-corrected chi connectivity index (χ2v) is 5.63. The van der Waals surface area contributed by atoms with E-state index in [4.69, 9.17) is 9.84 Å². The van der Waals surface area contributed by atoms with Gasteiger partial charge in [-0.25, -0.2) is 4.79 Å². The molecule has 0 aliphatic carbocycles. The van der Waals surface area contributed by atoms with E-state index >= 15 is 0 Å². The maximum absolute atomic E-state index is 12.2. The fourth-order valence-electron chi connectivity index (χ4n) is 2.73. The predicted octanol–water partition coefficient (Wildman–Crippen LogP) is 1.34. The summed E-state index contributed by atoms with van der Waals surface area (Å²) in [7, 11) is 1.56. The molecule has 1 aromatic heterocycles. The zero-order chi connectivity index (χ0) is 16.1. The van der Waals surface area contributed by atoms with Crippen LogP contribution in [-0.2, 0) is 11.3 Å². The van der Waals surface area contributed by atoms with Gasteiger partial charge >= 0.3 is 12.0 Å². The van der Waals surface area contributed by atoms with Crippen LogP contribution >= 0.6 is 0 Å². The SMILES string of the molecule is COc1ccncc1CNC(=O)N1CC(C)CC(C(=O)O)C1. The summed E-state index contributed by atoms with van der Waals surface area (Å²) in [6, 6.07) is 1.47. The highest BCUT2D eigenvalue weighted by Gasteiger charge is 2.31. The number of amides is 2. The maximum atomic E-state index is 12.2. The molecule has 2 atom stereocenters. The third kappa shape index (κ3) is 3.87. The third-order valence-electron chi connectivity index (χ3n) is 3.80. The van der Waals surface area contributed by atoms with E-state index < -0.39 is 11.9 Å². The number of aromatic nitrogens is 1. The number of carbonyl (C=O) groups is 2. The molecule has 7 heteroatoms. The summed E-state index contributed by atoms with van der Waals surface area (Å²) in [4.78, 5) is 29.0. The minimum atomic E-state index is -0.849. The van der Waals surface area contributed by atoms with Gasteiger partial charge in [-0.15, -0.1) is 0 Å². The second kappa shape index (κ2) is 7.11. The van der Waals surface area contributed by atoms with Gasteiger partial charge in [-0.2, -0.15) is 0 Å². The van der Waals surface area contributed by atoms with E-state index in [2.05, 4.69) is 10.3 Å². The molecular formula is C15H21N3O4. The largest absolute Gasteiger partial charge is 0.496 e. The lowest BCUT2D eigenvalue weighted by Crippen LogP contribution is -2.49. The molecule has 1 aliphatic rings. The van der Waals surface area contributed by atoms with Gasteiger partial charge in [0.1, 0.15) is 5.75 Å². The fourth-order valence-corrected chi connectivity index (χ4v) is 2.73. The molecule has 1 fully saturated rings. The lowest BCUT2D eigenvalue weighted by atomic mass is 9.91. The van der Waals surface area contributed by atoms with Crippen molar-refractivity contribution in [1.29, 1.82) is 0 Å². The summed E-state index contributed by atoms with van der Waals surface area (Å²) in [5, 5.41) is 11.9. The first-order valence-electron chi connectivity index (χ1n) is 7.23. The van der Waals surface area contributed by atoms with Gasteiger partial charge in [-0.1, -0.05) is 6.92 Å². The molecule has 0 radical (unpaired) electrons. The molecular weight excluding hydrogens is 286 g/mol. The number of carbonyl (C=O) groups excluding carboxylic acids is 1. The summed E-state index contributed by atoms with van der Waals surface area (Å²) in [5.74, 6) is -0.514. The van der Waals surface area contributed by atoms with Gasteiger partial charge in [0, 0.05) is 37.6 Å². The number of hydrogen-bond acceptors (Lipinski definition) is 4. The zero-order valence-corrected chi connectivity index (χ0v) is 12.8. The highest BCUT2D eigenvalue weighted by molar-refractivity contribution is 5.76. The van der Waals surface area contributed by atoms with Crippen molar-refractivity contribution in [3.63, 3.8) is 0 Å². The Bertz CT molecular complexity index is 549. The first-order valence-corrected chi connectivity index (χ1v) is 7.23. The molecule has 0 aromatic carbocycles. The number of nitrogens with zero attached hydrogens (tertiary/aromatic N) is 2. The van der Waals surface area contributed by atoms with E-state index in [9.17, 15) is 9.59 Å². The summed E-state index contributed by atoms with van der Waals surface area (Å²) in [6.45, 7) is 3.06. The lowest BCUT2D eigenvalue weighted by molar-refractivity contribution is -0.143. The number of likely N-dealkylation sites (tertiary alicyclic amines) is 1. The number of carboxylic acid groups (broad SMARTS) is 1. The normalized spacial score (nSPS) is 21.3. The van der Waals surface area contributed by atoms with Crippen molar-refractivity contribution in [1.82, 2.24) is 15.2 Å². The Morgan fingerprint density at radius 3 is 2.95 bits per heavy atom. The third-order valence-corrected chi connectivity index (χ3v) is 3.80. The number of aliphatic carboxylic acids is 1. The number of piperidine rings is 1. The smallest absolute Gasteiger partial charge is 0.317 e. The minimum absolute atomic E-state index is 0.175. The standard InChI is InChI=1S/C15H21N3O4/c1-10-5-11(14(19)20)9-18(8-10)15(21)17-7-12-6-16-4-3-13(12)22-2/h3-4,6,10-11H,5,7-9H2,1-2H3,(H,17,21)(H,19,20). The molecule has 2 unspecified atom stereocenters. The minimum Gasteiger partial charge on any atom is -0.496 e. The van der Waals surface area contributed by atoms with E-state index in [1.165, 1.54) is 0 Å². The van der Waals surface area contributed by atoms with Gasteiger partial charge in [0.05, 0.1) is 13.0 Å². The second-order valence-electron chi connectivity index (χ2n) is 5.63. The Hall–Kier alpha value is -2.31. The van der Waals surface area contributed by atoms with Crippen molar-refractivity contribution in [2.24, 2.45) is 11.8 Å². The Labute approximate surface area is 129 Å². The Morgan fingerprint density at radius 1 is 1.50 bits per heavy atom. The van der Waals surface area contributed by atoms with Crippen LogP contribution in [0.4, 0.5) is 4.79 Å². The van der Waals surface area contributed by atoms with Gasteiger partial charge in [-0.3, -0.25) is 9.78 Å². The molecule has 0 saturated carbocycles. The summed E-state index contributed by atoms with van der Waals surface area (Å²) in [6.07, 6.45) is 3.86. The van der Waals surface area contributed by atoms with Crippen LogP contribution in [0.5, 0.6) is 5.75 Å². The summed E-state index contributed by atoms with van der Waals surface area (Å²) in [5.41, 5.74) is 0.776. The lowest BCUT2D eigenvalue weighted by Gasteiger charge is -2.34. The van der Waals surface area contributed by atoms with Crippen LogP contribution in [0.3, 0.4) is 0 Å². The number of ether oxygens (including phenoxy) is 1. The molecule has 1 saturated heterocycles. The Kier molecular flexibility index (Phi) is 5.19. The van der Waals surface area contributed by atoms with Gasteiger partial charge in [0.2, 0.25) is 0 Å². The van der Waals surface area contributed by atoms with Crippen molar-refractivity contribution < 1.29 is 19.4 Å². The number of rotatable bonds is 4. The predicted molar refractivity (Wildman–Crippen MR) is 79.5 cm³/mol. The number of urea groups is 1. The van der Waals surface area contributed by atoms with E-state index in [0.29, 0.717) is 25.3 Å². The van der Waals surface area contributed by atoms with Crippen molar-refractivity contribution in [2.75, 3.05) is 20.2 Å². The van der Waals surface area contributed by atoms with Gasteiger partial charge < -0.3 is 20.1 Å². The molecule has 2 rings (SSSR count). The number of pyridine rings is 1. The van der Waals surface area contributed by atoms with Crippen LogP contribution in [0.15, 0.2) is 18.5 Å². The molecule has 2 heterocycles. The topological polar surface area (TPSA) is 91.8 Å². The summed E-state index contributed by atoms with van der Waals surface area (Å²) < 4.78 is 5.21. The maximum Gasteiger partial charge on any atom is 0.317 e. The highest BCUT2D eigenvalue weighted by Crippen LogP contribution is 2.22. The molecule has 120 valence electrons. The van der Waals surface area contributed by atoms with Gasteiger partial charge in [-0.05, 0) is 18.4 Å². The van der Waals surface area contributed by atoms with Gasteiger partial charge in [0.15, 0.2) is 0 Å². The van der Waals surface area contributed by atoms with Crippen LogP contribution in [0.1, 0.15) is 18.9 Å². The van der Waals surface area contributed by atoms with Crippen molar-refractivity contribution in [2.45, 2.75) is 19.9 Å². The van der Waals surface area contributed by atoms with Crippen molar-refractivity contribution >= 4 is 12.0 Å². The van der Waals surface area contributed by atoms with Crippen LogP contribution in [0, 0.1) is 11.8 Å². The zero-order valence-electron chi connectivity index (χ0n) is 12.8. The first-order chi connectivity index (χ1) is 10.5. The van der Waals surface area contributed by atoms with Crippen LogP contribution in [-0.4, -0.2) is 47.2 Å². The van der Waals surface area contributed by atoms with Crippen LogP contribution < -0.4 is 10.1 Å². The molecule has 2 amide bonds. The average molecular weight is 307 g/mol. The monoisotopic (exact) mass is 307 g/mol. The molecule has 1 aromatic rings. The van der Waals surface area contributed by atoms with Crippen molar-refractivity contribution in [3.05, 3.63) is 24.0 Å². The quantitative estimate of drug-likeness (QED) is 0.876. The fraction of sp³-hybridized carbons (Fsp3) is 0.533. The van der Waals surface area contributed by atoms with E-state index in [1.54, 1.807) is 30.5 Å².